The summed E-state index contributed by atoms with van der Waals surface area (Å²) in [6, 6.07) is 15.9. The number of carbonyl (C=O) groups excluding carboxylic acids is 1. The average molecular weight is 518 g/mol. The number of rotatable bonds is 6. The second kappa shape index (κ2) is 10.2. The number of carbonyl (C=O) groups is 2. The number of nitrogens with zero attached hydrogens (tertiary/aromatic N) is 1. The van der Waals surface area contributed by atoms with Crippen LogP contribution < -0.4 is 10.6 Å². The van der Waals surface area contributed by atoms with Crippen LogP contribution in [0.1, 0.15) is 72.2 Å². The van der Waals surface area contributed by atoms with Gasteiger partial charge in [0.15, 0.2) is 0 Å². The van der Waals surface area contributed by atoms with Crippen LogP contribution in [0.2, 0.25) is 5.02 Å². The van der Waals surface area contributed by atoms with Crippen molar-refractivity contribution in [1.29, 1.82) is 0 Å². The quantitative estimate of drug-likeness (QED) is 0.314. The molecule has 2 bridgehead atoms. The third-order valence-corrected chi connectivity index (χ3v) is 8.29. The molecule has 7 heteroatoms. The first kappa shape index (κ1) is 25.3. The summed E-state index contributed by atoms with van der Waals surface area (Å²) in [5, 5.41) is 15.8. The molecule has 0 saturated heterocycles. The van der Waals surface area contributed by atoms with Crippen LogP contribution >= 0.6 is 11.6 Å². The highest BCUT2D eigenvalue weighted by Gasteiger charge is 2.41. The van der Waals surface area contributed by atoms with E-state index < -0.39 is 5.97 Å². The Morgan fingerprint density at radius 1 is 1.03 bits per heavy atom. The normalized spacial score (nSPS) is 24.8. The van der Waals surface area contributed by atoms with E-state index in [-0.39, 0.29) is 22.7 Å². The number of halogens is 1. The Balaban J connectivity index is 1.26. The molecule has 37 heavy (non-hydrogen) atoms. The summed E-state index contributed by atoms with van der Waals surface area (Å²) in [5.74, 6) is 1.32. The Kier molecular flexibility index (Phi) is 6.95. The fourth-order valence-electron chi connectivity index (χ4n) is 6.53. The van der Waals surface area contributed by atoms with E-state index in [1.165, 1.54) is 49.9 Å². The minimum atomic E-state index is -1.07. The monoisotopic (exact) mass is 517 g/mol. The van der Waals surface area contributed by atoms with Gasteiger partial charge in [0.1, 0.15) is 11.4 Å². The topological polar surface area (TPSA) is 91.3 Å². The number of aromatic carboxylic acids is 1. The lowest BCUT2D eigenvalue weighted by molar-refractivity contribution is 0.0697. The van der Waals surface area contributed by atoms with Crippen molar-refractivity contribution >= 4 is 40.7 Å². The lowest BCUT2D eigenvalue weighted by Crippen LogP contribution is -2.38. The van der Waals surface area contributed by atoms with Gasteiger partial charge in [0.25, 0.3) is 5.91 Å². The molecule has 3 aromatic rings. The molecule has 2 unspecified atom stereocenters. The predicted octanol–water partition coefficient (Wildman–Crippen LogP) is 7.53. The number of carboxylic acids is 1. The van der Waals surface area contributed by atoms with E-state index >= 15 is 0 Å². The number of aromatic nitrogens is 1. The first-order valence-electron chi connectivity index (χ1n) is 12.9. The van der Waals surface area contributed by atoms with Gasteiger partial charge in [-0.15, -0.1) is 0 Å². The van der Waals surface area contributed by atoms with Gasteiger partial charge in [-0.05, 0) is 109 Å². The zero-order valence-corrected chi connectivity index (χ0v) is 21.9. The van der Waals surface area contributed by atoms with E-state index in [0.29, 0.717) is 22.0 Å². The number of hydrogen-bond acceptors (Lipinski definition) is 4. The van der Waals surface area contributed by atoms with Crippen LogP contribution in [-0.4, -0.2) is 22.0 Å². The van der Waals surface area contributed by atoms with Gasteiger partial charge in [-0.25, -0.2) is 9.78 Å². The molecule has 1 heterocycles. The standard InChI is InChI=1S/C30H32ClN3O3/c1-18-12-19-14-20(13-18)17-30(2,16-19)22-7-10-26(25(31)15-22)34-28(35)21-5-8-23(9-6-21)33-27-24(29(36)37)4-3-11-32-27/h3-11,15,18-20H,12-14,16-17H2,1-2H3,(H,32,33)(H,34,35)(H,36,37). The summed E-state index contributed by atoms with van der Waals surface area (Å²) in [4.78, 5) is 28.4. The molecular weight excluding hydrogens is 486 g/mol. The smallest absolute Gasteiger partial charge is 0.339 e. The molecule has 1 aromatic heterocycles. The van der Waals surface area contributed by atoms with Gasteiger partial charge in [-0.1, -0.05) is 31.5 Å². The maximum absolute atomic E-state index is 12.9. The van der Waals surface area contributed by atoms with Crippen molar-refractivity contribution in [3.05, 3.63) is 82.5 Å². The maximum atomic E-state index is 12.9. The maximum Gasteiger partial charge on any atom is 0.339 e. The van der Waals surface area contributed by atoms with Gasteiger partial charge in [-0.2, -0.15) is 0 Å². The summed E-state index contributed by atoms with van der Waals surface area (Å²) in [6.07, 6.45) is 7.92. The Morgan fingerprint density at radius 3 is 2.38 bits per heavy atom. The molecular formula is C30H32ClN3O3. The van der Waals surface area contributed by atoms with Gasteiger partial charge in [0, 0.05) is 17.4 Å². The van der Waals surface area contributed by atoms with Crippen LogP contribution in [0.25, 0.3) is 0 Å². The van der Waals surface area contributed by atoms with E-state index in [9.17, 15) is 14.7 Å². The molecule has 0 aliphatic heterocycles. The van der Waals surface area contributed by atoms with Crippen molar-refractivity contribution in [3.8, 4) is 0 Å². The third-order valence-electron chi connectivity index (χ3n) is 7.98. The SMILES string of the molecule is CC1CC2CC(C1)CC(C)(c1ccc(NC(=O)c3ccc(Nc4ncccc4C(=O)O)cc3)c(Cl)c1)C2. The first-order chi connectivity index (χ1) is 17.7. The molecule has 192 valence electrons. The number of fused-ring (bicyclic) bond motifs is 2. The van der Waals surface area contributed by atoms with Crippen LogP contribution in [0, 0.1) is 17.8 Å². The highest BCUT2D eigenvalue weighted by Crippen LogP contribution is 2.51. The van der Waals surface area contributed by atoms with Gasteiger partial charge in [0.2, 0.25) is 0 Å². The van der Waals surface area contributed by atoms with E-state index in [1.807, 2.05) is 12.1 Å². The van der Waals surface area contributed by atoms with Crippen molar-refractivity contribution in [3.63, 3.8) is 0 Å². The molecule has 5 rings (SSSR count). The molecule has 0 spiro atoms. The van der Waals surface area contributed by atoms with Crippen LogP contribution in [0.4, 0.5) is 17.2 Å². The van der Waals surface area contributed by atoms with Crippen molar-refractivity contribution in [2.24, 2.45) is 17.8 Å². The molecule has 2 atom stereocenters. The number of carboxylic acid groups (broad SMARTS) is 1. The number of pyridine rings is 1. The number of benzene rings is 2. The minimum Gasteiger partial charge on any atom is -0.478 e. The Bertz CT molecular complexity index is 1310. The van der Waals surface area contributed by atoms with E-state index in [1.54, 1.807) is 30.3 Å². The molecule has 0 radical (unpaired) electrons. The highest BCUT2D eigenvalue weighted by molar-refractivity contribution is 6.34. The number of amides is 1. The summed E-state index contributed by atoms with van der Waals surface area (Å²) in [7, 11) is 0. The van der Waals surface area contributed by atoms with Crippen LogP contribution in [-0.2, 0) is 5.41 Å². The molecule has 2 saturated carbocycles. The average Bonchev–Trinajstić information content (AvgIpc) is 2.85. The van der Waals surface area contributed by atoms with Crippen molar-refractivity contribution < 1.29 is 14.7 Å². The summed E-state index contributed by atoms with van der Waals surface area (Å²) >= 11 is 6.66. The minimum absolute atomic E-state index is 0.0715. The Labute approximate surface area is 222 Å². The van der Waals surface area contributed by atoms with Gasteiger partial charge in [-0.3, -0.25) is 4.79 Å². The molecule has 6 nitrogen and oxygen atoms in total. The second-order valence-corrected chi connectivity index (χ2v) is 11.5. The largest absolute Gasteiger partial charge is 0.478 e. The second-order valence-electron chi connectivity index (χ2n) is 11.1. The first-order valence-corrected chi connectivity index (χ1v) is 13.2. The van der Waals surface area contributed by atoms with Crippen LogP contribution in [0.5, 0.6) is 0 Å². The number of nitrogens with one attached hydrogen (secondary N) is 2. The van der Waals surface area contributed by atoms with Crippen LogP contribution in [0.3, 0.4) is 0 Å². The molecule has 3 N–H and O–H groups in total. The molecule has 2 fully saturated rings. The number of anilines is 3. The van der Waals surface area contributed by atoms with E-state index in [2.05, 4.69) is 35.5 Å². The van der Waals surface area contributed by atoms with Gasteiger partial charge in [0.05, 0.1) is 10.7 Å². The van der Waals surface area contributed by atoms with Crippen molar-refractivity contribution in [2.75, 3.05) is 10.6 Å². The lowest BCUT2D eigenvalue weighted by atomic mass is 9.57. The fraction of sp³-hybridized carbons (Fsp3) is 0.367. The lowest BCUT2D eigenvalue weighted by Gasteiger charge is -2.47. The third kappa shape index (κ3) is 5.49. The molecule has 2 aliphatic carbocycles. The van der Waals surface area contributed by atoms with E-state index in [0.717, 1.165) is 17.8 Å². The van der Waals surface area contributed by atoms with Gasteiger partial charge >= 0.3 is 5.97 Å². The fourth-order valence-corrected chi connectivity index (χ4v) is 6.76. The molecule has 2 aromatic carbocycles. The zero-order valence-electron chi connectivity index (χ0n) is 21.1. The zero-order chi connectivity index (χ0) is 26.2. The van der Waals surface area contributed by atoms with Crippen molar-refractivity contribution in [1.82, 2.24) is 4.98 Å². The molecule has 2 aliphatic rings. The van der Waals surface area contributed by atoms with Crippen molar-refractivity contribution in [2.45, 2.75) is 51.4 Å². The highest BCUT2D eigenvalue weighted by atomic mass is 35.5. The molecule has 1 amide bonds. The Morgan fingerprint density at radius 2 is 1.73 bits per heavy atom. The summed E-state index contributed by atoms with van der Waals surface area (Å²) in [6.45, 7) is 4.75. The van der Waals surface area contributed by atoms with Crippen LogP contribution in [0.15, 0.2) is 60.8 Å². The van der Waals surface area contributed by atoms with Gasteiger partial charge < -0.3 is 15.7 Å². The van der Waals surface area contributed by atoms with E-state index in [4.69, 9.17) is 11.6 Å². The Hall–Kier alpha value is -3.38. The summed E-state index contributed by atoms with van der Waals surface area (Å²) in [5.41, 5.74) is 3.13. The predicted molar refractivity (Wildman–Crippen MR) is 147 cm³/mol. The summed E-state index contributed by atoms with van der Waals surface area (Å²) < 4.78 is 0. The number of hydrogen-bond donors (Lipinski definition) is 3.